The number of nitrogens with one attached hydrogen (secondary N) is 2. The SMILES string of the molecule is CCc1cccc(NC(=O)c2cccc(NC(=O)C(C)(C)C)c2)c1. The fraction of sp³-hybridized carbons (Fsp3) is 0.300. The molecule has 0 spiro atoms. The molecule has 2 aromatic carbocycles. The summed E-state index contributed by atoms with van der Waals surface area (Å²) in [7, 11) is 0. The molecule has 4 nitrogen and oxygen atoms in total. The van der Waals surface area contributed by atoms with Crippen LogP contribution in [0, 0.1) is 5.41 Å². The number of hydrogen-bond donors (Lipinski definition) is 2. The van der Waals surface area contributed by atoms with Crippen molar-refractivity contribution in [2.24, 2.45) is 5.41 Å². The van der Waals surface area contributed by atoms with Crippen molar-refractivity contribution in [2.75, 3.05) is 10.6 Å². The van der Waals surface area contributed by atoms with Gasteiger partial charge in [0.25, 0.3) is 5.91 Å². The highest BCUT2D eigenvalue weighted by Gasteiger charge is 2.21. The second kappa shape index (κ2) is 7.30. The van der Waals surface area contributed by atoms with Gasteiger partial charge in [-0.1, -0.05) is 45.9 Å². The standard InChI is InChI=1S/C20H24N2O2/c1-5-14-8-6-10-16(12-14)21-18(23)15-9-7-11-17(13-15)22-19(24)20(2,3)4/h6-13H,5H2,1-4H3,(H,21,23)(H,22,24). The van der Waals surface area contributed by atoms with E-state index in [0.717, 1.165) is 12.1 Å². The van der Waals surface area contributed by atoms with Crippen LogP contribution in [0.2, 0.25) is 0 Å². The summed E-state index contributed by atoms with van der Waals surface area (Å²) >= 11 is 0. The average Bonchev–Trinajstić information content (AvgIpc) is 2.54. The highest BCUT2D eigenvalue weighted by atomic mass is 16.2. The molecule has 126 valence electrons. The number of aryl methyl sites for hydroxylation is 1. The summed E-state index contributed by atoms with van der Waals surface area (Å²) in [5, 5.41) is 5.73. The zero-order valence-electron chi connectivity index (χ0n) is 14.6. The van der Waals surface area contributed by atoms with E-state index >= 15 is 0 Å². The van der Waals surface area contributed by atoms with Gasteiger partial charge < -0.3 is 10.6 Å². The summed E-state index contributed by atoms with van der Waals surface area (Å²) in [4.78, 5) is 24.5. The number of amides is 2. The van der Waals surface area contributed by atoms with E-state index < -0.39 is 5.41 Å². The first kappa shape index (κ1) is 17.7. The van der Waals surface area contributed by atoms with Gasteiger partial charge in [-0.2, -0.15) is 0 Å². The number of carbonyl (C=O) groups is 2. The smallest absolute Gasteiger partial charge is 0.255 e. The second-order valence-corrected chi connectivity index (χ2v) is 6.79. The number of benzene rings is 2. The minimum Gasteiger partial charge on any atom is -0.326 e. The summed E-state index contributed by atoms with van der Waals surface area (Å²) in [6.07, 6.45) is 0.915. The summed E-state index contributed by atoms with van der Waals surface area (Å²) in [6.45, 7) is 7.61. The lowest BCUT2D eigenvalue weighted by Gasteiger charge is -2.18. The predicted molar refractivity (Wildman–Crippen MR) is 98.3 cm³/mol. The van der Waals surface area contributed by atoms with Crippen LogP contribution in [0.3, 0.4) is 0 Å². The first-order valence-corrected chi connectivity index (χ1v) is 8.11. The predicted octanol–water partition coefficient (Wildman–Crippen LogP) is 4.49. The Labute approximate surface area is 143 Å². The van der Waals surface area contributed by atoms with Crippen molar-refractivity contribution in [2.45, 2.75) is 34.1 Å². The molecule has 0 saturated heterocycles. The Morgan fingerprint density at radius 1 is 0.917 bits per heavy atom. The van der Waals surface area contributed by atoms with Gasteiger partial charge in [0, 0.05) is 22.4 Å². The first-order valence-electron chi connectivity index (χ1n) is 8.11. The van der Waals surface area contributed by atoms with Crippen LogP contribution in [0.5, 0.6) is 0 Å². The topological polar surface area (TPSA) is 58.2 Å². The molecule has 2 amide bonds. The summed E-state index contributed by atoms with van der Waals surface area (Å²) < 4.78 is 0. The highest BCUT2D eigenvalue weighted by Crippen LogP contribution is 2.19. The molecule has 0 radical (unpaired) electrons. The molecule has 0 aliphatic rings. The lowest BCUT2D eigenvalue weighted by atomic mass is 9.95. The molecule has 0 aromatic heterocycles. The van der Waals surface area contributed by atoms with Gasteiger partial charge >= 0.3 is 0 Å². The van der Waals surface area contributed by atoms with Gasteiger partial charge in [0.1, 0.15) is 0 Å². The normalized spacial score (nSPS) is 11.0. The quantitative estimate of drug-likeness (QED) is 0.871. The number of anilines is 2. The zero-order valence-corrected chi connectivity index (χ0v) is 14.6. The maximum Gasteiger partial charge on any atom is 0.255 e. The Morgan fingerprint density at radius 3 is 2.17 bits per heavy atom. The summed E-state index contributed by atoms with van der Waals surface area (Å²) in [5.74, 6) is -0.286. The Morgan fingerprint density at radius 2 is 1.54 bits per heavy atom. The van der Waals surface area contributed by atoms with Gasteiger partial charge in [-0.3, -0.25) is 9.59 Å². The monoisotopic (exact) mass is 324 g/mol. The van der Waals surface area contributed by atoms with Crippen LogP contribution < -0.4 is 10.6 Å². The van der Waals surface area contributed by atoms with Crippen molar-refractivity contribution in [1.82, 2.24) is 0 Å². The van der Waals surface area contributed by atoms with Gasteiger partial charge in [0.2, 0.25) is 5.91 Å². The molecule has 0 fully saturated rings. The Kier molecular flexibility index (Phi) is 5.39. The number of rotatable bonds is 4. The molecule has 2 aromatic rings. The first-order chi connectivity index (χ1) is 11.3. The van der Waals surface area contributed by atoms with Gasteiger partial charge in [0.15, 0.2) is 0 Å². The second-order valence-electron chi connectivity index (χ2n) is 6.79. The highest BCUT2D eigenvalue weighted by molar-refractivity contribution is 6.05. The van der Waals surface area contributed by atoms with Crippen LogP contribution in [0.1, 0.15) is 43.6 Å². The minimum atomic E-state index is -0.487. The third-order valence-electron chi connectivity index (χ3n) is 3.66. The number of carbonyl (C=O) groups excluding carboxylic acids is 2. The molecule has 24 heavy (non-hydrogen) atoms. The molecule has 0 unspecified atom stereocenters. The molecule has 2 rings (SSSR count). The van der Waals surface area contributed by atoms with Gasteiger partial charge in [-0.05, 0) is 42.3 Å². The molecular formula is C20H24N2O2. The molecule has 0 aliphatic heterocycles. The molecule has 0 bridgehead atoms. The summed E-state index contributed by atoms with van der Waals surface area (Å²) in [6, 6.07) is 14.7. The van der Waals surface area contributed by atoms with Crippen molar-refractivity contribution in [3.05, 3.63) is 59.7 Å². The third-order valence-corrected chi connectivity index (χ3v) is 3.66. The molecule has 0 heterocycles. The molecule has 4 heteroatoms. The summed E-state index contributed by atoms with van der Waals surface area (Å²) in [5.41, 5.74) is 2.56. The van der Waals surface area contributed by atoms with Gasteiger partial charge in [-0.25, -0.2) is 0 Å². The van der Waals surface area contributed by atoms with E-state index in [-0.39, 0.29) is 11.8 Å². The van der Waals surface area contributed by atoms with Crippen molar-refractivity contribution in [3.8, 4) is 0 Å². The maximum atomic E-state index is 12.4. The average molecular weight is 324 g/mol. The maximum absolute atomic E-state index is 12.4. The van der Waals surface area contributed by atoms with Gasteiger partial charge in [-0.15, -0.1) is 0 Å². The third kappa shape index (κ3) is 4.69. The van der Waals surface area contributed by atoms with Crippen LogP contribution in [0.4, 0.5) is 11.4 Å². The molecule has 0 saturated carbocycles. The lowest BCUT2D eigenvalue weighted by Crippen LogP contribution is -2.27. The Balaban J connectivity index is 2.12. The van der Waals surface area contributed by atoms with Crippen LogP contribution >= 0.6 is 0 Å². The molecule has 0 aliphatic carbocycles. The largest absolute Gasteiger partial charge is 0.326 e. The lowest BCUT2D eigenvalue weighted by molar-refractivity contribution is -0.123. The van der Waals surface area contributed by atoms with Crippen molar-refractivity contribution >= 4 is 23.2 Å². The van der Waals surface area contributed by atoms with E-state index in [9.17, 15) is 9.59 Å². The van der Waals surface area contributed by atoms with Crippen LogP contribution in [0.15, 0.2) is 48.5 Å². The van der Waals surface area contributed by atoms with E-state index in [4.69, 9.17) is 0 Å². The van der Waals surface area contributed by atoms with E-state index in [1.165, 1.54) is 5.56 Å². The van der Waals surface area contributed by atoms with Crippen LogP contribution in [-0.2, 0) is 11.2 Å². The Bertz CT molecular complexity index is 745. The van der Waals surface area contributed by atoms with E-state index in [1.807, 2.05) is 45.0 Å². The number of hydrogen-bond acceptors (Lipinski definition) is 2. The minimum absolute atomic E-state index is 0.0873. The van der Waals surface area contributed by atoms with E-state index in [1.54, 1.807) is 24.3 Å². The fourth-order valence-electron chi connectivity index (χ4n) is 2.13. The molecule has 2 N–H and O–H groups in total. The van der Waals surface area contributed by atoms with E-state index in [2.05, 4.69) is 17.6 Å². The van der Waals surface area contributed by atoms with Crippen molar-refractivity contribution < 1.29 is 9.59 Å². The van der Waals surface area contributed by atoms with Crippen molar-refractivity contribution in [1.29, 1.82) is 0 Å². The molecule has 0 atom stereocenters. The van der Waals surface area contributed by atoms with E-state index in [0.29, 0.717) is 11.3 Å². The van der Waals surface area contributed by atoms with Crippen LogP contribution in [0.25, 0.3) is 0 Å². The Hall–Kier alpha value is -2.62. The zero-order chi connectivity index (χ0) is 17.7. The molecular weight excluding hydrogens is 300 g/mol. The van der Waals surface area contributed by atoms with Gasteiger partial charge in [0.05, 0.1) is 0 Å². The fourth-order valence-corrected chi connectivity index (χ4v) is 2.13. The van der Waals surface area contributed by atoms with Crippen LogP contribution in [-0.4, -0.2) is 11.8 Å². The van der Waals surface area contributed by atoms with Crippen molar-refractivity contribution in [3.63, 3.8) is 0 Å².